The third-order valence-electron chi connectivity index (χ3n) is 4.71. The lowest BCUT2D eigenvalue weighted by Crippen LogP contribution is -2.35. The van der Waals surface area contributed by atoms with Crippen LogP contribution < -0.4 is 9.04 Å². The maximum atomic E-state index is 14.1. The first-order valence-electron chi connectivity index (χ1n) is 8.93. The molecule has 0 atom stereocenters. The van der Waals surface area contributed by atoms with Crippen LogP contribution in [0.25, 0.3) is 11.1 Å². The lowest BCUT2D eigenvalue weighted by Gasteiger charge is -2.30. The number of thioether (sulfide) groups is 1. The van der Waals surface area contributed by atoms with E-state index in [2.05, 4.69) is 4.98 Å². The van der Waals surface area contributed by atoms with Crippen LogP contribution in [0, 0.1) is 17.1 Å². The van der Waals surface area contributed by atoms with Gasteiger partial charge in [-0.25, -0.2) is 17.8 Å². The van der Waals surface area contributed by atoms with Crippen molar-refractivity contribution in [2.24, 2.45) is 0 Å². The van der Waals surface area contributed by atoms with Crippen molar-refractivity contribution in [3.8, 4) is 23.1 Å². The monoisotopic (exact) mass is 441 g/mol. The largest absolute Gasteiger partial charge is 0.481 e. The summed E-state index contributed by atoms with van der Waals surface area (Å²) in [6, 6.07) is 14.5. The number of methoxy groups -OCH3 is 1. The number of ether oxygens (including phenoxy) is 1. The second-order valence-electron chi connectivity index (χ2n) is 6.45. The number of rotatable bonds is 4. The molecule has 0 aliphatic carbocycles. The van der Waals surface area contributed by atoms with Gasteiger partial charge in [0.15, 0.2) is 0 Å². The molecule has 0 saturated heterocycles. The minimum Gasteiger partial charge on any atom is -0.481 e. The summed E-state index contributed by atoms with van der Waals surface area (Å²) in [6.07, 6.45) is 1.27. The van der Waals surface area contributed by atoms with Gasteiger partial charge >= 0.3 is 0 Å². The zero-order valence-corrected chi connectivity index (χ0v) is 17.5. The van der Waals surface area contributed by atoms with Crippen LogP contribution in [0.3, 0.4) is 0 Å². The molecular formula is C21H16FN3O3S2. The Labute approximate surface area is 178 Å². The molecule has 2 heterocycles. The number of anilines is 1. The Hall–Kier alpha value is -3.09. The third kappa shape index (κ3) is 3.60. The molecule has 0 fully saturated rings. The third-order valence-corrected chi connectivity index (χ3v) is 7.55. The second-order valence-corrected chi connectivity index (χ2v) is 9.45. The molecule has 0 unspecified atom stereocenters. The lowest BCUT2D eigenvalue weighted by molar-refractivity contribution is 0.397. The number of nitriles is 1. The van der Waals surface area contributed by atoms with E-state index in [1.54, 1.807) is 30.0 Å². The van der Waals surface area contributed by atoms with Gasteiger partial charge in [-0.1, -0.05) is 12.1 Å². The second kappa shape index (κ2) is 7.97. The number of fused-ring (bicyclic) bond motifs is 1. The highest BCUT2D eigenvalue weighted by Crippen LogP contribution is 2.40. The number of benzene rings is 2. The molecule has 30 heavy (non-hydrogen) atoms. The fraction of sp³-hybridized carbons (Fsp3) is 0.143. The molecule has 0 spiro atoms. The van der Waals surface area contributed by atoms with Crippen molar-refractivity contribution in [2.45, 2.75) is 9.79 Å². The molecule has 9 heteroatoms. The maximum absolute atomic E-state index is 14.1. The quantitative estimate of drug-likeness (QED) is 0.607. The van der Waals surface area contributed by atoms with Gasteiger partial charge in [-0.2, -0.15) is 5.26 Å². The Balaban J connectivity index is 1.77. The first-order chi connectivity index (χ1) is 14.4. The van der Waals surface area contributed by atoms with Gasteiger partial charge in [0.1, 0.15) is 16.8 Å². The highest BCUT2D eigenvalue weighted by molar-refractivity contribution is 8.00. The number of nitrogens with zero attached hydrogens (tertiary/aromatic N) is 3. The van der Waals surface area contributed by atoms with E-state index in [4.69, 9.17) is 10.00 Å². The van der Waals surface area contributed by atoms with E-state index in [1.165, 1.54) is 41.9 Å². The van der Waals surface area contributed by atoms with E-state index in [1.807, 2.05) is 12.1 Å². The van der Waals surface area contributed by atoms with E-state index in [0.29, 0.717) is 35.0 Å². The summed E-state index contributed by atoms with van der Waals surface area (Å²) >= 11 is 1.56. The van der Waals surface area contributed by atoms with Gasteiger partial charge in [0, 0.05) is 23.3 Å². The molecule has 2 aromatic carbocycles. The summed E-state index contributed by atoms with van der Waals surface area (Å²) in [7, 11) is -2.37. The smallest absolute Gasteiger partial charge is 0.265 e. The molecule has 1 aliphatic rings. The van der Waals surface area contributed by atoms with Gasteiger partial charge in [-0.05, 0) is 41.5 Å². The van der Waals surface area contributed by atoms with Crippen molar-refractivity contribution in [1.82, 2.24) is 4.98 Å². The van der Waals surface area contributed by atoms with E-state index in [-0.39, 0.29) is 10.5 Å². The molecule has 1 aliphatic heterocycles. The van der Waals surface area contributed by atoms with Crippen LogP contribution >= 0.6 is 11.8 Å². The van der Waals surface area contributed by atoms with Gasteiger partial charge in [0.05, 0.1) is 24.6 Å². The van der Waals surface area contributed by atoms with E-state index in [0.717, 1.165) is 4.90 Å². The minimum atomic E-state index is -3.83. The van der Waals surface area contributed by atoms with E-state index < -0.39 is 15.8 Å². The molecule has 1 aromatic heterocycles. The number of pyridine rings is 1. The van der Waals surface area contributed by atoms with Crippen molar-refractivity contribution in [3.05, 3.63) is 66.1 Å². The molecule has 0 N–H and O–H groups in total. The van der Waals surface area contributed by atoms with Crippen LogP contribution in [-0.2, 0) is 10.0 Å². The van der Waals surface area contributed by atoms with Crippen LogP contribution in [0.2, 0.25) is 0 Å². The summed E-state index contributed by atoms with van der Waals surface area (Å²) in [5, 5.41) is 8.92. The summed E-state index contributed by atoms with van der Waals surface area (Å²) in [5.74, 6) is 0.324. The van der Waals surface area contributed by atoms with Crippen molar-refractivity contribution in [1.29, 1.82) is 5.26 Å². The fourth-order valence-corrected chi connectivity index (χ4v) is 5.75. The van der Waals surface area contributed by atoms with Gasteiger partial charge in [0.2, 0.25) is 5.88 Å². The SMILES string of the molecule is COc1ccc(S(=O)(=O)N2CCSc3ccc(-c4ccc(C#N)c(F)c4)cc32)cn1. The van der Waals surface area contributed by atoms with Crippen LogP contribution in [0.15, 0.2) is 64.5 Å². The first kappa shape index (κ1) is 20.2. The van der Waals surface area contributed by atoms with E-state index >= 15 is 0 Å². The molecule has 3 aromatic rings. The highest BCUT2D eigenvalue weighted by atomic mass is 32.2. The summed E-state index contributed by atoms with van der Waals surface area (Å²) in [5.41, 5.74) is 1.72. The fourth-order valence-electron chi connectivity index (χ4n) is 3.18. The van der Waals surface area contributed by atoms with Crippen molar-refractivity contribution < 1.29 is 17.5 Å². The van der Waals surface area contributed by atoms with Gasteiger partial charge in [0.25, 0.3) is 10.0 Å². The van der Waals surface area contributed by atoms with Crippen LogP contribution in [0.4, 0.5) is 10.1 Å². The summed E-state index contributed by atoms with van der Waals surface area (Å²) in [6.45, 7) is 0.303. The van der Waals surface area contributed by atoms with Crippen molar-refractivity contribution in [3.63, 3.8) is 0 Å². The Bertz CT molecular complexity index is 1260. The predicted molar refractivity (Wildman–Crippen MR) is 113 cm³/mol. The zero-order valence-electron chi connectivity index (χ0n) is 15.9. The number of sulfonamides is 1. The number of hydrogen-bond acceptors (Lipinski definition) is 6. The summed E-state index contributed by atoms with van der Waals surface area (Å²) < 4.78 is 47.0. The molecule has 4 rings (SSSR count). The molecule has 0 bridgehead atoms. The normalized spacial score (nSPS) is 13.4. The van der Waals surface area contributed by atoms with Crippen molar-refractivity contribution in [2.75, 3.05) is 23.7 Å². The Morgan fingerprint density at radius 1 is 1.17 bits per heavy atom. The zero-order chi connectivity index (χ0) is 21.3. The topological polar surface area (TPSA) is 83.3 Å². The Morgan fingerprint density at radius 2 is 1.93 bits per heavy atom. The number of hydrogen-bond donors (Lipinski definition) is 0. The number of halogens is 1. The van der Waals surface area contributed by atoms with Gasteiger partial charge < -0.3 is 4.74 Å². The van der Waals surface area contributed by atoms with Crippen molar-refractivity contribution >= 4 is 27.5 Å². The summed E-state index contributed by atoms with van der Waals surface area (Å²) in [4.78, 5) is 4.89. The number of aromatic nitrogens is 1. The molecular weight excluding hydrogens is 425 g/mol. The Morgan fingerprint density at radius 3 is 2.60 bits per heavy atom. The molecule has 6 nitrogen and oxygen atoms in total. The highest BCUT2D eigenvalue weighted by Gasteiger charge is 2.30. The standard InChI is InChI=1S/C21H16FN3O3S2/c1-28-21-7-5-17(13-24-21)30(26,27)25-8-9-29-20-6-4-15(11-19(20)25)14-2-3-16(12-23)18(22)10-14/h2-7,10-11,13H,8-9H2,1H3. The van der Waals surface area contributed by atoms with Crippen LogP contribution in [-0.4, -0.2) is 32.8 Å². The average molecular weight is 442 g/mol. The molecule has 0 saturated carbocycles. The van der Waals surface area contributed by atoms with Crippen LogP contribution in [0.5, 0.6) is 5.88 Å². The maximum Gasteiger partial charge on any atom is 0.265 e. The van der Waals surface area contributed by atoms with Gasteiger partial charge in [-0.15, -0.1) is 11.8 Å². The minimum absolute atomic E-state index is 0.0384. The Kier molecular flexibility index (Phi) is 5.37. The average Bonchev–Trinajstić information content (AvgIpc) is 2.78. The van der Waals surface area contributed by atoms with E-state index in [9.17, 15) is 12.8 Å². The van der Waals surface area contributed by atoms with Gasteiger partial charge in [-0.3, -0.25) is 4.31 Å². The molecule has 0 radical (unpaired) electrons. The molecule has 152 valence electrons. The molecule has 0 amide bonds. The predicted octanol–water partition coefficient (Wildman–Crippen LogP) is 4.07. The lowest BCUT2D eigenvalue weighted by atomic mass is 10.0. The van der Waals surface area contributed by atoms with Crippen LogP contribution in [0.1, 0.15) is 5.56 Å². The first-order valence-corrected chi connectivity index (χ1v) is 11.4.